The van der Waals surface area contributed by atoms with Gasteiger partial charge in [-0.15, -0.1) is 0 Å². The Morgan fingerprint density at radius 1 is 0.698 bits per heavy atom. The number of nitrogens with one attached hydrogen (secondary N) is 2. The molecule has 2 saturated heterocycles. The molecule has 0 unspecified atom stereocenters. The van der Waals surface area contributed by atoms with E-state index in [2.05, 4.69) is 126 Å². The summed E-state index contributed by atoms with van der Waals surface area (Å²) < 4.78 is 0. The van der Waals surface area contributed by atoms with E-state index in [1.165, 1.54) is 0 Å². The number of carbonyl (C=O) groups excluding carboxylic acids is 2. The summed E-state index contributed by atoms with van der Waals surface area (Å²) >= 11 is 0. The highest BCUT2D eigenvalue weighted by Crippen LogP contribution is 2.40. The Balaban J connectivity index is 0.932. The van der Waals surface area contributed by atoms with Gasteiger partial charge in [0.1, 0.15) is 29.8 Å². The minimum Gasteiger partial charge on any atom is -0.340 e. The maximum Gasteiger partial charge on any atom is 0.245 e. The van der Waals surface area contributed by atoms with E-state index in [0.29, 0.717) is 6.54 Å². The number of aromatic nitrogens is 4. The van der Waals surface area contributed by atoms with Crippen LogP contribution in [0, 0.1) is 0 Å². The number of imidazole rings is 2. The maximum atomic E-state index is 14.4. The van der Waals surface area contributed by atoms with Gasteiger partial charge in [-0.2, -0.15) is 0 Å². The van der Waals surface area contributed by atoms with Crippen molar-refractivity contribution < 1.29 is 9.59 Å². The second kappa shape index (κ2) is 18.2. The summed E-state index contributed by atoms with van der Waals surface area (Å²) in [6.07, 6.45) is 4.43. The van der Waals surface area contributed by atoms with E-state index >= 15 is 0 Å². The second-order valence-corrected chi connectivity index (χ2v) is 16.9. The van der Waals surface area contributed by atoms with Gasteiger partial charge in [-0.25, -0.2) is 9.97 Å². The number of H-pyrrole nitrogens is 2. The van der Waals surface area contributed by atoms with Gasteiger partial charge in [-0.3, -0.25) is 19.4 Å². The zero-order chi connectivity index (χ0) is 43.6. The Hall–Kier alpha value is -6.36. The first-order valence-electron chi connectivity index (χ1n) is 22.8. The molecule has 63 heavy (non-hydrogen) atoms. The lowest BCUT2D eigenvalue weighted by atomic mass is 9.99. The summed E-state index contributed by atoms with van der Waals surface area (Å²) in [7, 11) is 0. The number of benzene rings is 5. The van der Waals surface area contributed by atoms with Crippen LogP contribution in [0.1, 0.15) is 93.9 Å². The van der Waals surface area contributed by atoms with E-state index in [0.717, 1.165) is 125 Å². The number of nitrogens with zero attached hydrogens (tertiary/aromatic N) is 6. The number of likely N-dealkylation sites (tertiary alicyclic amines) is 2. The van der Waals surface area contributed by atoms with E-state index < -0.39 is 0 Å². The molecule has 5 aromatic carbocycles. The largest absolute Gasteiger partial charge is 0.340 e. The lowest BCUT2D eigenvalue weighted by Gasteiger charge is -2.34. The molecule has 0 spiro atoms. The Kier molecular flexibility index (Phi) is 12.1. The molecule has 4 heterocycles. The zero-order valence-corrected chi connectivity index (χ0v) is 36.9. The quantitative estimate of drug-likeness (QED) is 0.106. The topological polar surface area (TPSA) is 104 Å². The molecule has 2 amide bonds. The van der Waals surface area contributed by atoms with Crippen molar-refractivity contribution in [2.45, 2.75) is 71.1 Å². The van der Waals surface area contributed by atoms with Crippen LogP contribution >= 0.6 is 0 Å². The number of amides is 2. The van der Waals surface area contributed by atoms with E-state index in [-0.39, 0.29) is 36.0 Å². The number of fused-ring (bicyclic) bond motifs is 3. The van der Waals surface area contributed by atoms with Gasteiger partial charge in [-0.1, -0.05) is 137 Å². The highest BCUT2D eigenvalue weighted by molar-refractivity contribution is 6.05. The number of aromatic amines is 2. The van der Waals surface area contributed by atoms with Crippen LogP contribution < -0.4 is 0 Å². The predicted octanol–water partition coefficient (Wildman–Crippen LogP) is 10.4. The van der Waals surface area contributed by atoms with Crippen LogP contribution in [0.2, 0.25) is 0 Å². The second-order valence-electron chi connectivity index (χ2n) is 16.9. The average Bonchev–Trinajstić information content (AvgIpc) is 4.17. The summed E-state index contributed by atoms with van der Waals surface area (Å²) in [5.74, 6) is 1.81. The number of hydrogen-bond donors (Lipinski definition) is 2. The fourth-order valence-electron chi connectivity index (χ4n) is 10.0. The summed E-state index contributed by atoms with van der Waals surface area (Å²) in [5, 5.41) is 2.19. The zero-order valence-electron chi connectivity index (χ0n) is 36.9. The number of rotatable bonds is 14. The predicted molar refractivity (Wildman–Crippen MR) is 253 cm³/mol. The molecule has 2 aliphatic heterocycles. The third kappa shape index (κ3) is 7.98. The average molecular weight is 839 g/mol. The van der Waals surface area contributed by atoms with Gasteiger partial charge >= 0.3 is 0 Å². The van der Waals surface area contributed by atoms with Crippen molar-refractivity contribution in [3.63, 3.8) is 0 Å². The molecule has 0 aliphatic carbocycles. The van der Waals surface area contributed by atoms with Crippen molar-refractivity contribution in [2.75, 3.05) is 39.3 Å². The van der Waals surface area contributed by atoms with Gasteiger partial charge in [0.2, 0.25) is 11.8 Å². The molecule has 10 heteroatoms. The SMILES string of the molecule is C=C1CCN(C(=O)[C@@H](c2ccccc2)N(CC)CC)[C@@H]1c1ncc(-c2ccc(-c3ccc4c(ccc5[nH]c([C@@H]6CCCN6C(=O)[C@@H](c6ccccc6)N(CC)CC)nc54)c3)cc2)[nH]1. The van der Waals surface area contributed by atoms with Gasteiger partial charge in [-0.05, 0) is 96.4 Å². The van der Waals surface area contributed by atoms with Crippen LogP contribution in [0.5, 0.6) is 0 Å². The van der Waals surface area contributed by atoms with E-state index in [1.807, 2.05) is 59.6 Å². The summed E-state index contributed by atoms with van der Waals surface area (Å²) in [4.78, 5) is 54.5. The molecule has 0 bridgehead atoms. The lowest BCUT2D eigenvalue weighted by molar-refractivity contribution is -0.139. The van der Waals surface area contributed by atoms with E-state index in [9.17, 15) is 9.59 Å². The smallest absolute Gasteiger partial charge is 0.245 e. The van der Waals surface area contributed by atoms with Crippen molar-refractivity contribution >= 4 is 33.6 Å². The van der Waals surface area contributed by atoms with Crippen molar-refractivity contribution in [3.05, 3.63) is 156 Å². The molecule has 2 fully saturated rings. The first-order chi connectivity index (χ1) is 30.8. The summed E-state index contributed by atoms with van der Waals surface area (Å²) in [6, 6.07) is 38.5. The van der Waals surface area contributed by atoms with Crippen LogP contribution in [-0.4, -0.2) is 90.6 Å². The van der Waals surface area contributed by atoms with Gasteiger partial charge in [0.15, 0.2) is 0 Å². The summed E-state index contributed by atoms with van der Waals surface area (Å²) in [6.45, 7) is 17.3. The van der Waals surface area contributed by atoms with Gasteiger partial charge in [0.25, 0.3) is 0 Å². The fraction of sp³-hybridized carbons (Fsp3) is 0.321. The third-order valence-electron chi connectivity index (χ3n) is 13.4. The molecule has 322 valence electrons. The monoisotopic (exact) mass is 838 g/mol. The first kappa shape index (κ1) is 42.0. The molecule has 7 aromatic rings. The minimum atomic E-state index is -0.370. The molecule has 2 aromatic heterocycles. The molecular weight excluding hydrogens is 781 g/mol. The van der Waals surface area contributed by atoms with Crippen LogP contribution in [0.4, 0.5) is 0 Å². The molecule has 0 radical (unpaired) electrons. The number of likely N-dealkylation sites (N-methyl/N-ethyl adjacent to an activating group) is 2. The highest BCUT2D eigenvalue weighted by Gasteiger charge is 2.40. The Morgan fingerprint density at radius 2 is 1.30 bits per heavy atom. The van der Waals surface area contributed by atoms with Gasteiger partial charge in [0, 0.05) is 18.5 Å². The molecule has 2 aliphatic rings. The van der Waals surface area contributed by atoms with Crippen molar-refractivity contribution in [2.24, 2.45) is 0 Å². The standard InChI is InChI=1S/C53H58N8O2/c1-6-58(7-2)48(38-17-12-10-13-18-38)52(62)60-31-16-21-45(60)50-55-43-29-27-41-33-40(26-28-42(41)46(43)57-50)36-22-24-37(25-23-36)44-34-54-51(56-44)47-35(5)30-32-61(47)53(63)49(59(8-3)9-4)39-19-14-11-15-20-39/h10-15,17-20,22-29,33-34,45,47-49H,5-9,16,21,30-32H2,1-4H3,(H,54,56)(H,55,57)/t45-,47-,48+,49+/m0/s1. The molecular formula is C53H58N8O2. The van der Waals surface area contributed by atoms with Crippen LogP contribution in [0.25, 0.3) is 44.2 Å². The highest BCUT2D eigenvalue weighted by atomic mass is 16.2. The van der Waals surface area contributed by atoms with E-state index in [4.69, 9.17) is 9.97 Å². The third-order valence-corrected chi connectivity index (χ3v) is 13.4. The van der Waals surface area contributed by atoms with Gasteiger partial charge < -0.3 is 19.8 Å². The van der Waals surface area contributed by atoms with Crippen molar-refractivity contribution in [1.29, 1.82) is 0 Å². The molecule has 9 rings (SSSR count). The van der Waals surface area contributed by atoms with Crippen molar-refractivity contribution in [3.8, 4) is 22.4 Å². The van der Waals surface area contributed by atoms with Gasteiger partial charge in [0.05, 0.1) is 29.0 Å². The fourth-order valence-corrected chi connectivity index (χ4v) is 10.0. The number of carbonyl (C=O) groups is 2. The molecule has 0 saturated carbocycles. The molecule has 4 atom stereocenters. The first-order valence-corrected chi connectivity index (χ1v) is 22.8. The lowest BCUT2D eigenvalue weighted by Crippen LogP contribution is -2.43. The Bertz CT molecular complexity index is 2720. The Morgan fingerprint density at radius 3 is 1.94 bits per heavy atom. The van der Waals surface area contributed by atoms with Crippen LogP contribution in [0.15, 0.2) is 134 Å². The minimum absolute atomic E-state index is 0.0790. The van der Waals surface area contributed by atoms with Crippen molar-refractivity contribution in [1.82, 2.24) is 39.5 Å². The van der Waals surface area contributed by atoms with E-state index in [1.54, 1.807) is 0 Å². The normalized spacial score (nSPS) is 17.7. The maximum absolute atomic E-state index is 14.4. The molecule has 10 nitrogen and oxygen atoms in total. The Labute approximate surface area is 370 Å². The van der Waals surface area contributed by atoms with Crippen LogP contribution in [-0.2, 0) is 9.59 Å². The van der Waals surface area contributed by atoms with Crippen LogP contribution in [0.3, 0.4) is 0 Å². The summed E-state index contributed by atoms with van der Waals surface area (Å²) in [5.41, 5.74) is 9.06. The molecule has 2 N–H and O–H groups in total. The number of hydrogen-bond acceptors (Lipinski definition) is 6.